The van der Waals surface area contributed by atoms with E-state index in [2.05, 4.69) is 4.90 Å². The summed E-state index contributed by atoms with van der Waals surface area (Å²) in [5.41, 5.74) is -1.49. The van der Waals surface area contributed by atoms with Gasteiger partial charge in [-0.1, -0.05) is 45.1 Å². The van der Waals surface area contributed by atoms with Crippen LogP contribution < -0.4 is 0 Å². The van der Waals surface area contributed by atoms with Crippen molar-refractivity contribution in [2.75, 3.05) is 46.4 Å². The molecule has 0 saturated carbocycles. The van der Waals surface area contributed by atoms with E-state index in [9.17, 15) is 34.5 Å². The molecule has 0 aromatic carbocycles. The first-order valence-corrected chi connectivity index (χ1v) is 19.2. The second-order valence-electron chi connectivity index (χ2n) is 15.7. The van der Waals surface area contributed by atoms with Crippen molar-refractivity contribution in [1.29, 1.82) is 0 Å². The topological polar surface area (TPSA) is 179 Å². The molecule has 4 aliphatic rings. The number of cyclic esters (lactones) is 1. The molecule has 54 heavy (non-hydrogen) atoms. The third-order valence-electron chi connectivity index (χ3n) is 11.2. The molecule has 0 aromatic rings. The van der Waals surface area contributed by atoms with Gasteiger partial charge in [-0.25, -0.2) is 4.79 Å². The molecule has 0 unspecified atom stereocenters. The van der Waals surface area contributed by atoms with Gasteiger partial charge < -0.3 is 39.2 Å². The molecule has 2 saturated heterocycles. The van der Waals surface area contributed by atoms with Crippen LogP contribution in [0.5, 0.6) is 0 Å². The van der Waals surface area contributed by atoms with E-state index in [-0.39, 0.29) is 55.2 Å². The Morgan fingerprint density at radius 1 is 1.13 bits per heavy atom. The maximum absolute atomic E-state index is 13.5. The number of aliphatic hydroxyl groups is 3. The predicted molar refractivity (Wildman–Crippen MR) is 200 cm³/mol. The Kier molecular flexibility index (Phi) is 15.2. The number of methoxy groups -OCH3 is 1. The maximum atomic E-state index is 13.5. The largest absolute Gasteiger partial charge is 0.457 e. The van der Waals surface area contributed by atoms with Crippen LogP contribution in [0.1, 0.15) is 73.6 Å². The fourth-order valence-corrected chi connectivity index (χ4v) is 7.24. The lowest BCUT2D eigenvalue weighted by atomic mass is 9.88. The van der Waals surface area contributed by atoms with Gasteiger partial charge in [0, 0.05) is 76.8 Å². The average molecular weight is 760 g/mol. The minimum absolute atomic E-state index is 0.0243. The summed E-state index contributed by atoms with van der Waals surface area (Å²) in [5.74, 6) is -1.59. The van der Waals surface area contributed by atoms with Gasteiger partial charge in [0.1, 0.15) is 11.7 Å². The van der Waals surface area contributed by atoms with Crippen molar-refractivity contribution in [3.8, 4) is 0 Å². The number of epoxide rings is 1. The predicted octanol–water partition coefficient (Wildman–Crippen LogP) is 2.91. The Hall–Kier alpha value is -3.40. The van der Waals surface area contributed by atoms with Gasteiger partial charge >= 0.3 is 12.1 Å². The zero-order valence-corrected chi connectivity index (χ0v) is 32.9. The summed E-state index contributed by atoms with van der Waals surface area (Å²) >= 11 is 0. The molecule has 0 aliphatic carbocycles. The zero-order chi connectivity index (χ0) is 39.8. The second kappa shape index (κ2) is 19.0. The molecule has 14 heteroatoms. The molecule has 14 nitrogen and oxygen atoms in total. The highest BCUT2D eigenvalue weighted by molar-refractivity contribution is 6.12. The fourth-order valence-electron chi connectivity index (χ4n) is 7.24. The van der Waals surface area contributed by atoms with Gasteiger partial charge in [-0.05, 0) is 51.7 Å². The molecule has 0 bridgehead atoms. The first-order chi connectivity index (χ1) is 25.5. The van der Waals surface area contributed by atoms with Crippen LogP contribution in [0.15, 0.2) is 48.1 Å². The first-order valence-electron chi connectivity index (χ1n) is 19.2. The number of carbonyl (C=O) groups excluding carboxylic acids is 4. The van der Waals surface area contributed by atoms with E-state index in [0.29, 0.717) is 57.6 Å². The van der Waals surface area contributed by atoms with Crippen LogP contribution in [0, 0.1) is 11.8 Å². The third-order valence-corrected chi connectivity index (χ3v) is 11.2. The van der Waals surface area contributed by atoms with E-state index < -0.39 is 47.7 Å². The van der Waals surface area contributed by atoms with Crippen molar-refractivity contribution < 1.29 is 53.4 Å². The van der Waals surface area contributed by atoms with Gasteiger partial charge in [0.2, 0.25) is 0 Å². The summed E-state index contributed by atoms with van der Waals surface area (Å²) in [5, 5.41) is 32.1. The molecular formula is C40H61N3O11. The number of piperazine rings is 1. The third kappa shape index (κ3) is 11.8. The molecule has 0 spiro atoms. The summed E-state index contributed by atoms with van der Waals surface area (Å²) in [6.45, 7) is 13.8. The maximum Gasteiger partial charge on any atom is 0.410 e. The van der Waals surface area contributed by atoms with Crippen LogP contribution in [0.4, 0.5) is 4.79 Å². The lowest BCUT2D eigenvalue weighted by Gasteiger charge is -2.39. The number of amides is 3. The molecular weight excluding hydrogens is 698 g/mol. The van der Waals surface area contributed by atoms with Crippen molar-refractivity contribution >= 4 is 23.9 Å². The van der Waals surface area contributed by atoms with Crippen molar-refractivity contribution in [2.45, 2.75) is 121 Å². The van der Waals surface area contributed by atoms with Gasteiger partial charge in [-0.2, -0.15) is 0 Å². The van der Waals surface area contributed by atoms with Gasteiger partial charge in [0.15, 0.2) is 6.10 Å². The second-order valence-corrected chi connectivity index (χ2v) is 15.7. The lowest BCUT2D eigenvalue weighted by molar-refractivity contribution is -0.151. The van der Waals surface area contributed by atoms with Gasteiger partial charge in [0.05, 0.1) is 36.4 Å². The van der Waals surface area contributed by atoms with E-state index in [1.165, 1.54) is 24.2 Å². The van der Waals surface area contributed by atoms with Crippen LogP contribution >= 0.6 is 0 Å². The Bertz CT molecular complexity index is 1430. The molecule has 2 fully saturated rings. The van der Waals surface area contributed by atoms with Gasteiger partial charge in [-0.15, -0.1) is 0 Å². The summed E-state index contributed by atoms with van der Waals surface area (Å²) in [6, 6.07) is 0. The number of ether oxygens (including phenoxy) is 4. The highest BCUT2D eigenvalue weighted by Gasteiger charge is 2.47. The van der Waals surface area contributed by atoms with Gasteiger partial charge in [-0.3, -0.25) is 24.2 Å². The summed E-state index contributed by atoms with van der Waals surface area (Å²) in [4.78, 5) is 55.2. The van der Waals surface area contributed by atoms with E-state index in [4.69, 9.17) is 18.9 Å². The summed E-state index contributed by atoms with van der Waals surface area (Å²) < 4.78 is 23.7. The Morgan fingerprint density at radius 3 is 2.43 bits per heavy atom. The minimum Gasteiger partial charge on any atom is -0.457 e. The SMILES string of the molecule is CC[C@H](O)[C@@H](C)[C@H]1O[C@@H]1C[C@@](C)(O)/C=C/C=C(\C)[C@H]1OC(=O)C[C@H](O)CC[C@@](C)(OC)[C@H](OC(=O)N2CCN(CCN3C(=O)C=CC3=O)CC2)/C=C/[C@@H]1C. The van der Waals surface area contributed by atoms with Crippen LogP contribution in [-0.2, 0) is 33.3 Å². The van der Waals surface area contributed by atoms with Crippen molar-refractivity contribution in [3.63, 3.8) is 0 Å². The normalized spacial score (nSPS) is 33.1. The van der Waals surface area contributed by atoms with Crippen LogP contribution in [-0.4, -0.2) is 148 Å². The smallest absolute Gasteiger partial charge is 0.410 e. The molecule has 4 rings (SSSR count). The highest BCUT2D eigenvalue weighted by Crippen LogP contribution is 2.37. The highest BCUT2D eigenvalue weighted by atomic mass is 16.6. The van der Waals surface area contributed by atoms with Crippen molar-refractivity contribution in [1.82, 2.24) is 14.7 Å². The number of nitrogens with zero attached hydrogens (tertiary/aromatic N) is 3. The number of hydrogen-bond donors (Lipinski definition) is 3. The molecule has 302 valence electrons. The van der Waals surface area contributed by atoms with Gasteiger partial charge in [0.25, 0.3) is 11.8 Å². The average Bonchev–Trinajstić information content (AvgIpc) is 3.82. The quantitative estimate of drug-likeness (QED) is 0.0824. The summed E-state index contributed by atoms with van der Waals surface area (Å²) in [6.07, 6.45) is 8.79. The van der Waals surface area contributed by atoms with Crippen molar-refractivity contribution in [3.05, 3.63) is 48.1 Å². The van der Waals surface area contributed by atoms with Crippen LogP contribution in [0.2, 0.25) is 0 Å². The Balaban J connectivity index is 1.42. The van der Waals surface area contributed by atoms with E-state index >= 15 is 0 Å². The number of aliphatic hydroxyl groups excluding tert-OH is 2. The number of hydrogen-bond acceptors (Lipinski definition) is 12. The van der Waals surface area contributed by atoms with E-state index in [1.54, 1.807) is 36.1 Å². The number of imide groups is 1. The first kappa shape index (κ1) is 43.3. The molecule has 3 N–H and O–H groups in total. The number of carbonyl (C=O) groups is 4. The molecule has 0 aromatic heterocycles. The minimum atomic E-state index is -1.17. The number of allylic oxidation sites excluding steroid dienone is 2. The molecule has 0 radical (unpaired) electrons. The monoisotopic (exact) mass is 759 g/mol. The Labute approximate surface area is 319 Å². The molecule has 4 heterocycles. The lowest BCUT2D eigenvalue weighted by Crippen LogP contribution is -2.52. The summed E-state index contributed by atoms with van der Waals surface area (Å²) in [7, 11) is 1.52. The molecule has 10 atom stereocenters. The molecule has 3 amide bonds. The molecule has 4 aliphatic heterocycles. The Morgan fingerprint density at radius 2 is 1.80 bits per heavy atom. The van der Waals surface area contributed by atoms with E-state index in [1.807, 2.05) is 40.7 Å². The van der Waals surface area contributed by atoms with Crippen molar-refractivity contribution in [2.24, 2.45) is 11.8 Å². The standard InChI is InChI=1S/C40H61N3O11/c1-8-30(45)28(4)37-31(52-37)25-39(5,50)16-9-10-26(2)36-27(3)11-12-32(40(6,51-7)17-15-29(44)24-35(48)54-36)53-38(49)42-21-18-41(19-22-42)20-23-43-33(46)13-14-34(43)47/h9-14,16,27-32,36-37,44-45,50H,8,15,17-25H2,1-7H3/b12-11+,16-9+,26-10+/t27-,28+,29+,30-,31+,32+,36+,37+,39-,40+/m0/s1. The number of rotatable bonds is 13. The number of esters is 1. The zero-order valence-electron chi connectivity index (χ0n) is 32.9. The van der Waals surface area contributed by atoms with Crippen LogP contribution in [0.25, 0.3) is 0 Å². The fraction of sp³-hybridized carbons (Fsp3) is 0.700. The van der Waals surface area contributed by atoms with Crippen LogP contribution in [0.3, 0.4) is 0 Å². The van der Waals surface area contributed by atoms with E-state index in [0.717, 1.165) is 0 Å².